The van der Waals surface area contributed by atoms with E-state index in [4.69, 9.17) is 9.47 Å². The molecule has 0 aliphatic heterocycles. The molecule has 0 aliphatic rings. The lowest BCUT2D eigenvalue weighted by Gasteiger charge is -2.06. The third-order valence-electron chi connectivity index (χ3n) is 3.03. The average molecular weight is 310 g/mol. The smallest absolute Gasteiger partial charge is 0.344 e. The Balaban J connectivity index is 1.92. The second-order valence-corrected chi connectivity index (χ2v) is 4.73. The van der Waals surface area contributed by atoms with Gasteiger partial charge in [0.2, 0.25) is 0 Å². The topological polar surface area (TPSA) is 52.6 Å². The van der Waals surface area contributed by atoms with Gasteiger partial charge in [0.1, 0.15) is 5.75 Å². The van der Waals surface area contributed by atoms with Crippen LogP contribution in [-0.4, -0.2) is 25.0 Å². The van der Waals surface area contributed by atoms with Crippen molar-refractivity contribution in [3.8, 4) is 5.75 Å². The second kappa shape index (κ2) is 8.54. The molecule has 2 aromatic rings. The van der Waals surface area contributed by atoms with E-state index in [0.29, 0.717) is 17.9 Å². The number of allylic oxidation sites excluding steroid dienone is 1. The highest BCUT2D eigenvalue weighted by molar-refractivity contribution is 6.06. The largest absolute Gasteiger partial charge is 0.482 e. The van der Waals surface area contributed by atoms with Crippen molar-refractivity contribution in [3.05, 3.63) is 71.8 Å². The number of rotatable bonds is 7. The van der Waals surface area contributed by atoms with Crippen molar-refractivity contribution in [2.45, 2.75) is 6.92 Å². The molecular formula is C19H18O4. The van der Waals surface area contributed by atoms with Gasteiger partial charge in [-0.2, -0.15) is 0 Å². The lowest BCUT2D eigenvalue weighted by molar-refractivity contribution is -0.145. The quantitative estimate of drug-likeness (QED) is 0.446. The standard InChI is InChI=1S/C19H18O4/c1-2-22-19(21)14-23-17-11-9-16(10-12-17)18(20)13-8-15-6-4-3-5-7-15/h3-13H,2,14H2,1H3. The Morgan fingerprint density at radius 3 is 2.35 bits per heavy atom. The number of ether oxygens (including phenoxy) is 2. The minimum absolute atomic E-state index is 0.0919. The maximum atomic E-state index is 12.1. The molecule has 0 radical (unpaired) electrons. The minimum atomic E-state index is -0.418. The Kier molecular flexibility index (Phi) is 6.12. The summed E-state index contributed by atoms with van der Waals surface area (Å²) in [6.45, 7) is 1.92. The van der Waals surface area contributed by atoms with Gasteiger partial charge in [-0.05, 0) is 42.8 Å². The first-order chi connectivity index (χ1) is 11.2. The number of carbonyl (C=O) groups excluding carboxylic acids is 2. The molecule has 2 rings (SSSR count). The third-order valence-corrected chi connectivity index (χ3v) is 3.03. The molecule has 0 saturated carbocycles. The molecule has 0 amide bonds. The van der Waals surface area contributed by atoms with Gasteiger partial charge in [0, 0.05) is 5.56 Å². The first kappa shape index (κ1) is 16.5. The van der Waals surface area contributed by atoms with Crippen molar-refractivity contribution >= 4 is 17.8 Å². The van der Waals surface area contributed by atoms with Gasteiger partial charge in [-0.3, -0.25) is 4.79 Å². The van der Waals surface area contributed by atoms with Crippen LogP contribution in [0.15, 0.2) is 60.7 Å². The average Bonchev–Trinajstić information content (AvgIpc) is 2.59. The van der Waals surface area contributed by atoms with Gasteiger partial charge < -0.3 is 9.47 Å². The maximum Gasteiger partial charge on any atom is 0.344 e. The van der Waals surface area contributed by atoms with Crippen LogP contribution in [0.4, 0.5) is 0 Å². The molecule has 0 fully saturated rings. The molecule has 0 spiro atoms. The predicted molar refractivity (Wildman–Crippen MR) is 88.4 cm³/mol. The van der Waals surface area contributed by atoms with Crippen molar-refractivity contribution in [3.63, 3.8) is 0 Å². The zero-order valence-corrected chi connectivity index (χ0v) is 12.9. The number of hydrogen-bond acceptors (Lipinski definition) is 4. The fraction of sp³-hybridized carbons (Fsp3) is 0.158. The Bertz CT molecular complexity index is 672. The van der Waals surface area contributed by atoms with Crippen LogP contribution in [0.25, 0.3) is 6.08 Å². The summed E-state index contributed by atoms with van der Waals surface area (Å²) in [4.78, 5) is 23.3. The number of esters is 1. The van der Waals surface area contributed by atoms with Crippen LogP contribution < -0.4 is 4.74 Å². The molecule has 23 heavy (non-hydrogen) atoms. The zero-order chi connectivity index (χ0) is 16.5. The molecule has 0 aliphatic carbocycles. The van der Waals surface area contributed by atoms with Crippen LogP contribution in [0.1, 0.15) is 22.8 Å². The Labute approximate surface area is 135 Å². The number of hydrogen-bond donors (Lipinski definition) is 0. The van der Waals surface area contributed by atoms with E-state index in [1.54, 1.807) is 37.3 Å². The van der Waals surface area contributed by atoms with E-state index in [1.807, 2.05) is 30.3 Å². The Hall–Kier alpha value is -2.88. The van der Waals surface area contributed by atoms with Gasteiger partial charge in [0.05, 0.1) is 6.61 Å². The van der Waals surface area contributed by atoms with Gasteiger partial charge in [0.15, 0.2) is 12.4 Å². The summed E-state index contributed by atoms with van der Waals surface area (Å²) in [5.41, 5.74) is 1.52. The van der Waals surface area contributed by atoms with Crippen LogP contribution in [0, 0.1) is 0 Å². The molecule has 0 atom stereocenters. The number of benzene rings is 2. The molecule has 4 heteroatoms. The number of carbonyl (C=O) groups is 2. The summed E-state index contributed by atoms with van der Waals surface area (Å²) in [6.07, 6.45) is 3.30. The van der Waals surface area contributed by atoms with E-state index >= 15 is 0 Å². The summed E-state index contributed by atoms with van der Waals surface area (Å²) >= 11 is 0. The lowest BCUT2D eigenvalue weighted by atomic mass is 10.1. The van der Waals surface area contributed by atoms with Crippen LogP contribution in [0.3, 0.4) is 0 Å². The van der Waals surface area contributed by atoms with Crippen molar-refractivity contribution in [2.24, 2.45) is 0 Å². The molecule has 0 aromatic heterocycles. The fourth-order valence-corrected chi connectivity index (χ4v) is 1.89. The SMILES string of the molecule is CCOC(=O)COc1ccc(C(=O)C=Cc2ccccc2)cc1. The number of ketones is 1. The molecule has 0 unspecified atom stereocenters. The highest BCUT2D eigenvalue weighted by Gasteiger charge is 2.05. The summed E-state index contributed by atoms with van der Waals surface area (Å²) in [5.74, 6) is 0.00545. The summed E-state index contributed by atoms with van der Waals surface area (Å²) in [5, 5.41) is 0. The first-order valence-corrected chi connectivity index (χ1v) is 7.35. The maximum absolute atomic E-state index is 12.1. The highest BCUT2D eigenvalue weighted by atomic mass is 16.6. The van der Waals surface area contributed by atoms with E-state index in [2.05, 4.69) is 0 Å². The van der Waals surface area contributed by atoms with Crippen molar-refractivity contribution in [1.29, 1.82) is 0 Å². The van der Waals surface area contributed by atoms with E-state index in [1.165, 1.54) is 6.08 Å². The molecule has 0 heterocycles. The van der Waals surface area contributed by atoms with Crippen LogP contribution in [-0.2, 0) is 9.53 Å². The van der Waals surface area contributed by atoms with Gasteiger partial charge in [-0.1, -0.05) is 36.4 Å². The van der Waals surface area contributed by atoms with Crippen LogP contribution in [0.2, 0.25) is 0 Å². The molecule has 0 bridgehead atoms. The highest BCUT2D eigenvalue weighted by Crippen LogP contribution is 2.13. The Morgan fingerprint density at radius 2 is 1.70 bits per heavy atom. The van der Waals surface area contributed by atoms with E-state index in [0.717, 1.165) is 5.56 Å². The summed E-state index contributed by atoms with van der Waals surface area (Å²) in [7, 11) is 0. The molecule has 0 saturated heterocycles. The Morgan fingerprint density at radius 1 is 1.00 bits per heavy atom. The van der Waals surface area contributed by atoms with Crippen LogP contribution in [0.5, 0.6) is 5.75 Å². The van der Waals surface area contributed by atoms with Gasteiger partial charge in [-0.25, -0.2) is 4.79 Å². The van der Waals surface area contributed by atoms with Crippen molar-refractivity contribution in [1.82, 2.24) is 0 Å². The second-order valence-electron chi connectivity index (χ2n) is 4.73. The van der Waals surface area contributed by atoms with E-state index < -0.39 is 5.97 Å². The van der Waals surface area contributed by atoms with Crippen molar-refractivity contribution in [2.75, 3.05) is 13.2 Å². The van der Waals surface area contributed by atoms with Crippen LogP contribution >= 0.6 is 0 Å². The normalized spacial score (nSPS) is 10.5. The zero-order valence-electron chi connectivity index (χ0n) is 12.9. The lowest BCUT2D eigenvalue weighted by Crippen LogP contribution is -2.14. The molecule has 0 N–H and O–H groups in total. The molecular weight excluding hydrogens is 292 g/mol. The monoisotopic (exact) mass is 310 g/mol. The predicted octanol–water partition coefficient (Wildman–Crippen LogP) is 3.52. The molecule has 4 nitrogen and oxygen atoms in total. The van der Waals surface area contributed by atoms with Crippen molar-refractivity contribution < 1.29 is 19.1 Å². The first-order valence-electron chi connectivity index (χ1n) is 7.35. The summed E-state index contributed by atoms with van der Waals surface area (Å²) < 4.78 is 10.1. The van der Waals surface area contributed by atoms with E-state index in [-0.39, 0.29) is 12.4 Å². The summed E-state index contributed by atoms with van der Waals surface area (Å²) in [6, 6.07) is 16.3. The minimum Gasteiger partial charge on any atom is -0.482 e. The van der Waals surface area contributed by atoms with Gasteiger partial charge in [0.25, 0.3) is 0 Å². The van der Waals surface area contributed by atoms with Gasteiger partial charge in [-0.15, -0.1) is 0 Å². The molecule has 118 valence electrons. The fourth-order valence-electron chi connectivity index (χ4n) is 1.89. The third kappa shape index (κ3) is 5.43. The van der Waals surface area contributed by atoms with Gasteiger partial charge >= 0.3 is 5.97 Å². The van der Waals surface area contributed by atoms with E-state index in [9.17, 15) is 9.59 Å². The molecule has 2 aromatic carbocycles.